The van der Waals surface area contributed by atoms with Crippen molar-refractivity contribution in [2.75, 3.05) is 51.8 Å². The number of likely N-dealkylation sites (N-methyl/N-ethyl adjacent to an activating group) is 1. The van der Waals surface area contributed by atoms with E-state index < -0.39 is 10.0 Å². The lowest BCUT2D eigenvalue weighted by atomic mass is 10.2. The predicted octanol–water partition coefficient (Wildman–Crippen LogP) is 0.716. The topological polar surface area (TPSA) is 69.7 Å². The normalized spacial score (nSPS) is 15.9. The molecule has 23 heavy (non-hydrogen) atoms. The van der Waals surface area contributed by atoms with Crippen LogP contribution in [0.25, 0.3) is 0 Å². The Labute approximate surface area is 142 Å². The van der Waals surface area contributed by atoms with Crippen LogP contribution in [0.5, 0.6) is 0 Å². The molecule has 1 aliphatic rings. The summed E-state index contributed by atoms with van der Waals surface area (Å²) in [5.74, 6) is 1.87. The van der Waals surface area contributed by atoms with E-state index >= 15 is 0 Å². The average Bonchev–Trinajstić information content (AvgIpc) is 2.54. The zero-order chi connectivity index (χ0) is 16.9. The van der Waals surface area contributed by atoms with E-state index in [-0.39, 0.29) is 10.8 Å². The molecule has 8 heteroatoms. The van der Waals surface area contributed by atoms with Gasteiger partial charge in [0.25, 0.3) is 5.91 Å². The number of sulfonamides is 1. The van der Waals surface area contributed by atoms with Crippen LogP contribution < -0.4 is 4.72 Å². The summed E-state index contributed by atoms with van der Waals surface area (Å²) in [5, 5.41) is 0. The van der Waals surface area contributed by atoms with Gasteiger partial charge in [0, 0.05) is 43.2 Å². The van der Waals surface area contributed by atoms with Crippen molar-refractivity contribution < 1.29 is 13.2 Å². The highest BCUT2D eigenvalue weighted by Crippen LogP contribution is 2.15. The number of hydrogen-bond acceptors (Lipinski definition) is 5. The van der Waals surface area contributed by atoms with Gasteiger partial charge in [-0.15, -0.1) is 0 Å². The fourth-order valence-electron chi connectivity index (χ4n) is 2.21. The van der Waals surface area contributed by atoms with Gasteiger partial charge >= 0.3 is 0 Å². The standard InChI is InChI=1S/C15H23N3O3S2/c1-17(2)8-7-16-23(20,21)14-5-3-13(4-6-14)15(19)18-9-11-22-12-10-18/h3-6,16H,7-12H2,1-2H3. The van der Waals surface area contributed by atoms with Crippen LogP contribution in [0.2, 0.25) is 0 Å². The van der Waals surface area contributed by atoms with E-state index in [1.165, 1.54) is 12.1 Å². The van der Waals surface area contributed by atoms with Gasteiger partial charge in [-0.25, -0.2) is 13.1 Å². The summed E-state index contributed by atoms with van der Waals surface area (Å²) in [5.41, 5.74) is 0.532. The average molecular weight is 358 g/mol. The maximum Gasteiger partial charge on any atom is 0.253 e. The number of nitrogens with zero attached hydrogens (tertiary/aromatic N) is 2. The molecule has 0 radical (unpaired) electrons. The molecule has 1 aromatic rings. The minimum Gasteiger partial charge on any atom is -0.337 e. The Morgan fingerprint density at radius 1 is 1.22 bits per heavy atom. The summed E-state index contributed by atoms with van der Waals surface area (Å²) in [6, 6.07) is 6.16. The summed E-state index contributed by atoms with van der Waals surface area (Å²) < 4.78 is 26.9. The van der Waals surface area contributed by atoms with E-state index in [0.717, 1.165) is 24.6 Å². The smallest absolute Gasteiger partial charge is 0.253 e. The van der Waals surface area contributed by atoms with Gasteiger partial charge in [0.1, 0.15) is 0 Å². The fourth-order valence-corrected chi connectivity index (χ4v) is 4.14. The molecule has 6 nitrogen and oxygen atoms in total. The van der Waals surface area contributed by atoms with Crippen molar-refractivity contribution in [2.24, 2.45) is 0 Å². The Hall–Kier alpha value is -1.09. The molecule has 1 saturated heterocycles. The monoisotopic (exact) mass is 357 g/mol. The highest BCUT2D eigenvalue weighted by molar-refractivity contribution is 7.99. The minimum absolute atomic E-state index is 0.0326. The van der Waals surface area contributed by atoms with E-state index in [9.17, 15) is 13.2 Å². The molecule has 0 bridgehead atoms. The van der Waals surface area contributed by atoms with E-state index in [0.29, 0.717) is 18.7 Å². The van der Waals surface area contributed by atoms with Crippen LogP contribution in [-0.4, -0.2) is 75.9 Å². The summed E-state index contributed by atoms with van der Waals surface area (Å²) in [7, 11) is 0.237. The Morgan fingerprint density at radius 3 is 2.39 bits per heavy atom. The molecule has 1 amide bonds. The lowest BCUT2D eigenvalue weighted by molar-refractivity contribution is 0.0772. The highest BCUT2D eigenvalue weighted by atomic mass is 32.2. The lowest BCUT2D eigenvalue weighted by Crippen LogP contribution is -2.37. The van der Waals surface area contributed by atoms with Gasteiger partial charge < -0.3 is 9.80 Å². The number of rotatable bonds is 6. The second kappa shape index (κ2) is 8.14. The number of carbonyl (C=O) groups excluding carboxylic acids is 1. The van der Waals surface area contributed by atoms with Crippen molar-refractivity contribution in [1.29, 1.82) is 0 Å². The van der Waals surface area contributed by atoms with Crippen molar-refractivity contribution in [3.05, 3.63) is 29.8 Å². The van der Waals surface area contributed by atoms with Crippen LogP contribution in [-0.2, 0) is 10.0 Å². The van der Waals surface area contributed by atoms with Gasteiger partial charge in [-0.3, -0.25) is 4.79 Å². The van der Waals surface area contributed by atoms with Crippen LogP contribution in [0.15, 0.2) is 29.2 Å². The molecule has 0 atom stereocenters. The molecule has 1 aliphatic heterocycles. The molecule has 0 saturated carbocycles. The van der Waals surface area contributed by atoms with Crippen LogP contribution in [0.4, 0.5) is 0 Å². The zero-order valence-corrected chi connectivity index (χ0v) is 15.1. The van der Waals surface area contributed by atoms with Gasteiger partial charge in [0.2, 0.25) is 10.0 Å². The van der Waals surface area contributed by atoms with Crippen LogP contribution in [0, 0.1) is 0 Å². The van der Waals surface area contributed by atoms with Crippen molar-refractivity contribution in [3.63, 3.8) is 0 Å². The van der Waals surface area contributed by atoms with Crippen LogP contribution in [0.1, 0.15) is 10.4 Å². The van der Waals surface area contributed by atoms with Gasteiger partial charge in [0.15, 0.2) is 0 Å². The van der Waals surface area contributed by atoms with E-state index in [2.05, 4.69) is 4.72 Å². The maximum atomic E-state index is 12.4. The number of thioether (sulfide) groups is 1. The van der Waals surface area contributed by atoms with Gasteiger partial charge in [0.05, 0.1) is 4.90 Å². The maximum absolute atomic E-state index is 12.4. The molecule has 1 N–H and O–H groups in total. The minimum atomic E-state index is -3.53. The number of hydrogen-bond donors (Lipinski definition) is 1. The third-order valence-corrected chi connectivity index (χ3v) is 5.98. The molecule has 0 spiro atoms. The van der Waals surface area contributed by atoms with E-state index in [1.54, 1.807) is 12.1 Å². The predicted molar refractivity (Wildman–Crippen MR) is 93.4 cm³/mol. The van der Waals surface area contributed by atoms with E-state index in [4.69, 9.17) is 0 Å². The van der Waals surface area contributed by atoms with Crippen LogP contribution >= 0.6 is 11.8 Å². The van der Waals surface area contributed by atoms with E-state index in [1.807, 2.05) is 35.7 Å². The first-order chi connectivity index (χ1) is 10.9. The third kappa shape index (κ3) is 5.20. The largest absolute Gasteiger partial charge is 0.337 e. The molecule has 1 fully saturated rings. The second-order valence-corrected chi connectivity index (χ2v) is 8.62. The summed E-state index contributed by atoms with van der Waals surface area (Å²) in [6.07, 6.45) is 0. The van der Waals surface area contributed by atoms with Crippen molar-refractivity contribution >= 4 is 27.7 Å². The highest BCUT2D eigenvalue weighted by Gasteiger charge is 2.19. The Balaban J connectivity index is 2.02. The summed E-state index contributed by atoms with van der Waals surface area (Å²) >= 11 is 1.84. The number of amides is 1. The van der Waals surface area contributed by atoms with Gasteiger partial charge in [-0.1, -0.05) is 0 Å². The molecule has 2 rings (SSSR count). The van der Waals surface area contributed by atoms with Gasteiger partial charge in [-0.05, 0) is 38.4 Å². The third-order valence-electron chi connectivity index (χ3n) is 3.56. The number of carbonyl (C=O) groups is 1. The number of benzene rings is 1. The zero-order valence-electron chi connectivity index (χ0n) is 13.5. The molecule has 128 valence electrons. The molecule has 0 aromatic heterocycles. The molecular formula is C15H23N3O3S2. The fraction of sp³-hybridized carbons (Fsp3) is 0.533. The molecule has 0 unspecified atom stereocenters. The Kier molecular flexibility index (Phi) is 6.46. The first kappa shape index (κ1) is 18.3. The lowest BCUT2D eigenvalue weighted by Gasteiger charge is -2.26. The SMILES string of the molecule is CN(C)CCNS(=O)(=O)c1ccc(C(=O)N2CCSCC2)cc1. The number of nitrogens with one attached hydrogen (secondary N) is 1. The van der Waals surface area contributed by atoms with Crippen molar-refractivity contribution in [1.82, 2.24) is 14.5 Å². The molecule has 0 aliphatic carbocycles. The Bertz CT molecular complexity index is 624. The van der Waals surface area contributed by atoms with Crippen LogP contribution in [0.3, 0.4) is 0 Å². The quantitative estimate of drug-likeness (QED) is 0.812. The molecular weight excluding hydrogens is 334 g/mol. The summed E-state index contributed by atoms with van der Waals surface area (Å²) in [4.78, 5) is 16.3. The van der Waals surface area contributed by atoms with Crippen molar-refractivity contribution in [3.8, 4) is 0 Å². The molecule has 1 heterocycles. The Morgan fingerprint density at radius 2 is 1.83 bits per heavy atom. The van der Waals surface area contributed by atoms with Crippen molar-refractivity contribution in [2.45, 2.75) is 4.90 Å². The first-order valence-corrected chi connectivity index (χ1v) is 10.2. The first-order valence-electron chi connectivity index (χ1n) is 7.51. The molecule has 1 aromatic carbocycles. The second-order valence-electron chi connectivity index (χ2n) is 5.63. The summed E-state index contributed by atoms with van der Waals surface area (Å²) in [6.45, 7) is 2.47. The van der Waals surface area contributed by atoms with Gasteiger partial charge in [-0.2, -0.15) is 11.8 Å².